The molecule has 3 rings (SSSR count). The lowest BCUT2D eigenvalue weighted by molar-refractivity contribution is 0.0514. The Morgan fingerprint density at radius 2 is 2.04 bits per heavy atom. The molecule has 2 N–H and O–H groups in total. The van der Waals surface area contributed by atoms with Crippen LogP contribution in [0, 0.1) is 6.92 Å². The van der Waals surface area contributed by atoms with Crippen LogP contribution in [0.3, 0.4) is 0 Å². The maximum absolute atomic E-state index is 6.25. The minimum atomic E-state index is 0. The Morgan fingerprint density at radius 3 is 2.67 bits per heavy atom. The van der Waals surface area contributed by atoms with Crippen LogP contribution in [-0.4, -0.2) is 32.8 Å². The van der Waals surface area contributed by atoms with Gasteiger partial charge in [-0.2, -0.15) is 0 Å². The van der Waals surface area contributed by atoms with Crippen LogP contribution < -0.4 is 10.6 Å². The van der Waals surface area contributed by atoms with E-state index in [1.165, 1.54) is 16.0 Å². The Hall–Kier alpha value is -0.830. The predicted octanol–water partition coefficient (Wildman–Crippen LogP) is 4.74. The van der Waals surface area contributed by atoms with Gasteiger partial charge in [0.05, 0.1) is 6.54 Å². The predicted molar refractivity (Wildman–Crippen MR) is 126 cm³/mol. The van der Waals surface area contributed by atoms with E-state index in [-0.39, 0.29) is 29.4 Å². The standard InChI is InChI=1S/C20H26ClN3OS.HI/c1-15-6-11-26-18(15)13-23-19(22-2)24-14-20(7-9-25-10-8-20)16-4-3-5-17(21)12-16;/h3-6,11-12H,7-10,13-14H2,1-2H3,(H2,22,23,24);1H. The number of thiophene rings is 1. The summed E-state index contributed by atoms with van der Waals surface area (Å²) in [5, 5.41) is 9.85. The molecule has 0 saturated carbocycles. The molecule has 1 fully saturated rings. The van der Waals surface area contributed by atoms with E-state index >= 15 is 0 Å². The van der Waals surface area contributed by atoms with Gasteiger partial charge in [0.15, 0.2) is 5.96 Å². The summed E-state index contributed by atoms with van der Waals surface area (Å²) < 4.78 is 5.61. The summed E-state index contributed by atoms with van der Waals surface area (Å²) in [6.45, 7) is 5.28. The molecule has 1 aliphatic heterocycles. The molecule has 2 aromatic rings. The second-order valence-electron chi connectivity index (χ2n) is 6.71. The van der Waals surface area contributed by atoms with Gasteiger partial charge in [0.2, 0.25) is 0 Å². The van der Waals surface area contributed by atoms with E-state index in [0.717, 1.165) is 50.1 Å². The van der Waals surface area contributed by atoms with Crippen molar-refractivity contribution < 1.29 is 4.74 Å². The average Bonchev–Trinajstić information content (AvgIpc) is 3.07. The van der Waals surface area contributed by atoms with Gasteiger partial charge in [-0.25, -0.2) is 0 Å². The summed E-state index contributed by atoms with van der Waals surface area (Å²) in [5.74, 6) is 0.825. The number of ether oxygens (including phenoxy) is 1. The molecular formula is C20H27ClIN3OS. The zero-order valence-electron chi connectivity index (χ0n) is 15.8. The average molecular weight is 520 g/mol. The third-order valence-electron chi connectivity index (χ3n) is 5.09. The number of nitrogens with zero attached hydrogens (tertiary/aromatic N) is 1. The molecule has 4 nitrogen and oxygen atoms in total. The van der Waals surface area contributed by atoms with Crippen LogP contribution in [0.4, 0.5) is 0 Å². The van der Waals surface area contributed by atoms with Crippen molar-refractivity contribution in [2.24, 2.45) is 4.99 Å². The molecule has 0 aliphatic carbocycles. The maximum Gasteiger partial charge on any atom is 0.191 e. The Morgan fingerprint density at radius 1 is 1.26 bits per heavy atom. The van der Waals surface area contributed by atoms with Crippen molar-refractivity contribution >= 4 is 52.9 Å². The minimum absolute atomic E-state index is 0. The van der Waals surface area contributed by atoms with Crippen LogP contribution in [0.15, 0.2) is 40.7 Å². The van der Waals surface area contributed by atoms with Gasteiger partial charge < -0.3 is 15.4 Å². The summed E-state index contributed by atoms with van der Waals surface area (Å²) in [6.07, 6.45) is 1.95. The Labute approximate surface area is 187 Å². The molecule has 1 aromatic heterocycles. The van der Waals surface area contributed by atoms with Crippen LogP contribution >= 0.6 is 46.9 Å². The van der Waals surface area contributed by atoms with Crippen LogP contribution in [0.2, 0.25) is 5.02 Å². The smallest absolute Gasteiger partial charge is 0.191 e. The lowest BCUT2D eigenvalue weighted by atomic mass is 9.74. The van der Waals surface area contributed by atoms with E-state index in [4.69, 9.17) is 16.3 Å². The van der Waals surface area contributed by atoms with Gasteiger partial charge in [-0.15, -0.1) is 35.3 Å². The Bertz CT molecular complexity index is 759. The van der Waals surface area contributed by atoms with Gasteiger partial charge in [-0.05, 0) is 54.5 Å². The summed E-state index contributed by atoms with van der Waals surface area (Å²) in [5.41, 5.74) is 2.60. The van der Waals surface area contributed by atoms with Crippen molar-refractivity contribution in [2.75, 3.05) is 26.8 Å². The molecule has 27 heavy (non-hydrogen) atoms. The van der Waals surface area contributed by atoms with Crippen molar-refractivity contribution in [1.82, 2.24) is 10.6 Å². The molecule has 0 atom stereocenters. The summed E-state index contributed by atoms with van der Waals surface area (Å²) in [6, 6.07) is 10.4. The van der Waals surface area contributed by atoms with Gasteiger partial charge >= 0.3 is 0 Å². The molecule has 148 valence electrons. The van der Waals surface area contributed by atoms with Gasteiger partial charge in [0.1, 0.15) is 0 Å². The van der Waals surface area contributed by atoms with E-state index in [9.17, 15) is 0 Å². The number of halogens is 2. The number of benzene rings is 1. The first-order chi connectivity index (χ1) is 12.6. The number of aliphatic imine (C=N–C) groups is 1. The summed E-state index contributed by atoms with van der Waals surface area (Å²) >= 11 is 8.02. The van der Waals surface area contributed by atoms with E-state index < -0.39 is 0 Å². The van der Waals surface area contributed by atoms with E-state index in [1.54, 1.807) is 11.3 Å². The summed E-state index contributed by atoms with van der Waals surface area (Å²) in [4.78, 5) is 5.72. The Kier molecular flexibility index (Phi) is 8.85. The van der Waals surface area contributed by atoms with Gasteiger partial charge in [0, 0.05) is 42.1 Å². The highest BCUT2D eigenvalue weighted by atomic mass is 127. The number of aryl methyl sites for hydroxylation is 1. The maximum atomic E-state index is 6.25. The topological polar surface area (TPSA) is 45.7 Å². The number of hydrogen-bond acceptors (Lipinski definition) is 3. The first-order valence-electron chi connectivity index (χ1n) is 8.94. The monoisotopic (exact) mass is 519 g/mol. The molecule has 0 unspecified atom stereocenters. The Balaban J connectivity index is 0.00000261. The fourth-order valence-corrected chi connectivity index (χ4v) is 4.41. The minimum Gasteiger partial charge on any atom is -0.381 e. The molecule has 0 amide bonds. The number of guanidine groups is 1. The van der Waals surface area contributed by atoms with Gasteiger partial charge in [0.25, 0.3) is 0 Å². The zero-order chi connectivity index (χ0) is 18.4. The van der Waals surface area contributed by atoms with Gasteiger partial charge in [-0.3, -0.25) is 4.99 Å². The first-order valence-corrected chi connectivity index (χ1v) is 10.2. The van der Waals surface area contributed by atoms with Crippen molar-refractivity contribution in [3.63, 3.8) is 0 Å². The molecule has 1 saturated heterocycles. The lowest BCUT2D eigenvalue weighted by Gasteiger charge is -2.38. The quantitative estimate of drug-likeness (QED) is 0.341. The van der Waals surface area contributed by atoms with Crippen LogP contribution in [0.5, 0.6) is 0 Å². The SMILES string of the molecule is CN=C(NCc1sccc1C)NCC1(c2cccc(Cl)c2)CCOCC1.I. The van der Waals surface area contributed by atoms with Crippen molar-refractivity contribution in [1.29, 1.82) is 0 Å². The molecule has 0 bridgehead atoms. The fraction of sp³-hybridized carbons (Fsp3) is 0.450. The molecular weight excluding hydrogens is 493 g/mol. The third kappa shape index (κ3) is 5.82. The molecule has 0 radical (unpaired) electrons. The fourth-order valence-electron chi connectivity index (χ4n) is 3.37. The molecule has 1 aromatic carbocycles. The molecule has 7 heteroatoms. The van der Waals surface area contributed by atoms with Crippen LogP contribution in [0.25, 0.3) is 0 Å². The normalized spacial score (nSPS) is 16.5. The van der Waals surface area contributed by atoms with Crippen molar-refractivity contribution in [2.45, 2.75) is 31.7 Å². The highest BCUT2D eigenvalue weighted by Gasteiger charge is 2.34. The molecule has 0 spiro atoms. The van der Waals surface area contributed by atoms with Crippen LogP contribution in [0.1, 0.15) is 28.8 Å². The second-order valence-corrected chi connectivity index (χ2v) is 8.15. The van der Waals surface area contributed by atoms with Crippen LogP contribution in [-0.2, 0) is 16.7 Å². The number of nitrogens with one attached hydrogen (secondary N) is 2. The molecule has 2 heterocycles. The van der Waals surface area contributed by atoms with E-state index in [2.05, 4.69) is 46.1 Å². The molecule has 1 aliphatic rings. The van der Waals surface area contributed by atoms with Crippen molar-refractivity contribution in [3.8, 4) is 0 Å². The highest BCUT2D eigenvalue weighted by Crippen LogP contribution is 2.35. The lowest BCUT2D eigenvalue weighted by Crippen LogP contribution is -2.47. The van der Waals surface area contributed by atoms with E-state index in [0.29, 0.717) is 0 Å². The van der Waals surface area contributed by atoms with Crippen molar-refractivity contribution in [3.05, 3.63) is 56.7 Å². The highest BCUT2D eigenvalue weighted by molar-refractivity contribution is 14.0. The number of rotatable bonds is 5. The number of hydrogen-bond donors (Lipinski definition) is 2. The first kappa shape index (κ1) is 22.5. The zero-order valence-corrected chi connectivity index (χ0v) is 19.7. The van der Waals surface area contributed by atoms with E-state index in [1.807, 2.05) is 19.2 Å². The summed E-state index contributed by atoms with van der Waals surface area (Å²) in [7, 11) is 1.81. The van der Waals surface area contributed by atoms with Gasteiger partial charge in [-0.1, -0.05) is 23.7 Å². The third-order valence-corrected chi connectivity index (χ3v) is 6.35. The largest absolute Gasteiger partial charge is 0.381 e. The second kappa shape index (κ2) is 10.6.